The summed E-state index contributed by atoms with van der Waals surface area (Å²) in [6, 6.07) is 1.34. The van der Waals surface area contributed by atoms with E-state index in [1.807, 2.05) is 0 Å². The highest BCUT2D eigenvalue weighted by molar-refractivity contribution is 6.84. The summed E-state index contributed by atoms with van der Waals surface area (Å²) in [5.41, 5.74) is 0. The van der Waals surface area contributed by atoms with Crippen molar-refractivity contribution < 1.29 is 0 Å². The molecule has 0 aliphatic heterocycles. The molecule has 0 unspecified atom stereocenters. The van der Waals surface area contributed by atoms with E-state index in [2.05, 4.69) is 45.5 Å². The minimum Gasteiger partial charge on any atom is -0.307 e. The zero-order chi connectivity index (χ0) is 9.78. The van der Waals surface area contributed by atoms with Crippen molar-refractivity contribution in [2.45, 2.75) is 33.0 Å². The lowest BCUT2D eigenvalue weighted by molar-refractivity contribution is 0.372. The Hall–Kier alpha value is -0.0831. The van der Waals surface area contributed by atoms with Gasteiger partial charge in [-0.25, -0.2) is 0 Å². The van der Waals surface area contributed by atoms with Gasteiger partial charge in [-0.1, -0.05) is 25.2 Å². The van der Waals surface area contributed by atoms with Crippen LogP contribution in [0.15, 0.2) is 11.8 Å². The van der Waals surface area contributed by atoms with Gasteiger partial charge in [0, 0.05) is 0 Å². The minimum absolute atomic E-state index is 1.10. The van der Waals surface area contributed by atoms with E-state index in [1.165, 1.54) is 17.8 Å². The molecule has 0 spiro atoms. The second-order valence-electron chi connectivity index (χ2n) is 4.31. The summed E-state index contributed by atoms with van der Waals surface area (Å²) in [6.07, 6.45) is 0. The third-order valence-corrected chi connectivity index (χ3v) is 6.60. The number of hydrogen-bond donors (Lipinski definition) is 0. The standard InChI is InChI=1S/C10H23NSi/c1-7-11(4)8-9-12(5,6)10(2)3/h2,7-9H2,1,3-6H3. The molecule has 0 heterocycles. The Bertz CT molecular complexity index is 152. The maximum atomic E-state index is 4.07. The van der Waals surface area contributed by atoms with Gasteiger partial charge in [0.15, 0.2) is 0 Å². The largest absolute Gasteiger partial charge is 0.307 e. The molecule has 0 saturated carbocycles. The summed E-state index contributed by atoms with van der Waals surface area (Å²) in [5.74, 6) is 0. The van der Waals surface area contributed by atoms with Crippen molar-refractivity contribution in [3.05, 3.63) is 11.8 Å². The maximum absolute atomic E-state index is 4.07. The summed E-state index contributed by atoms with van der Waals surface area (Å²) in [6.45, 7) is 15.6. The molecule has 0 amide bonds. The van der Waals surface area contributed by atoms with Crippen LogP contribution in [0.3, 0.4) is 0 Å². The molecule has 0 N–H and O–H groups in total. The molecule has 1 nitrogen and oxygen atoms in total. The third-order valence-electron chi connectivity index (χ3n) is 2.81. The first-order valence-electron chi connectivity index (χ1n) is 4.74. The van der Waals surface area contributed by atoms with Gasteiger partial charge in [-0.15, -0.1) is 6.58 Å². The molecule has 0 saturated heterocycles. The highest BCUT2D eigenvalue weighted by Gasteiger charge is 2.21. The highest BCUT2D eigenvalue weighted by atomic mass is 28.3. The van der Waals surface area contributed by atoms with Crippen molar-refractivity contribution in [2.75, 3.05) is 20.1 Å². The summed E-state index contributed by atoms with van der Waals surface area (Å²) in [7, 11) is 1.09. The molecule has 72 valence electrons. The Labute approximate surface area is 78.5 Å². The molecule has 0 aromatic rings. The van der Waals surface area contributed by atoms with Crippen LogP contribution in [-0.2, 0) is 0 Å². The number of allylic oxidation sites excluding steroid dienone is 1. The van der Waals surface area contributed by atoms with Gasteiger partial charge < -0.3 is 4.90 Å². The monoisotopic (exact) mass is 185 g/mol. The van der Waals surface area contributed by atoms with Crippen LogP contribution >= 0.6 is 0 Å². The fourth-order valence-corrected chi connectivity index (χ4v) is 2.21. The van der Waals surface area contributed by atoms with Crippen LogP contribution in [0.5, 0.6) is 0 Å². The van der Waals surface area contributed by atoms with Gasteiger partial charge in [0.1, 0.15) is 0 Å². The van der Waals surface area contributed by atoms with E-state index < -0.39 is 8.07 Å². The molecular weight excluding hydrogens is 162 g/mol. The second-order valence-corrected chi connectivity index (χ2v) is 9.43. The van der Waals surface area contributed by atoms with Crippen LogP contribution in [-0.4, -0.2) is 33.1 Å². The lowest BCUT2D eigenvalue weighted by Crippen LogP contribution is -2.32. The van der Waals surface area contributed by atoms with Crippen molar-refractivity contribution in [3.8, 4) is 0 Å². The van der Waals surface area contributed by atoms with E-state index in [1.54, 1.807) is 0 Å². The molecule has 0 aromatic carbocycles. The molecule has 2 heteroatoms. The Balaban J connectivity index is 3.83. The number of hydrogen-bond acceptors (Lipinski definition) is 1. The first kappa shape index (κ1) is 11.9. The smallest absolute Gasteiger partial charge is 0.0755 e. The van der Waals surface area contributed by atoms with Crippen molar-refractivity contribution in [1.82, 2.24) is 4.90 Å². The SMILES string of the molecule is C=C(C)[Si](C)(C)CCN(C)CC. The van der Waals surface area contributed by atoms with Gasteiger partial charge in [0.05, 0.1) is 8.07 Å². The van der Waals surface area contributed by atoms with Crippen LogP contribution < -0.4 is 0 Å². The molecular formula is C10H23NSi. The van der Waals surface area contributed by atoms with Crippen LogP contribution in [0.2, 0.25) is 19.1 Å². The minimum atomic E-state index is -1.10. The molecule has 0 aliphatic carbocycles. The van der Waals surface area contributed by atoms with Crippen molar-refractivity contribution in [1.29, 1.82) is 0 Å². The van der Waals surface area contributed by atoms with Gasteiger partial charge in [0.2, 0.25) is 0 Å². The lowest BCUT2D eigenvalue weighted by Gasteiger charge is -2.25. The molecule has 0 aromatic heterocycles. The first-order valence-corrected chi connectivity index (χ1v) is 7.95. The van der Waals surface area contributed by atoms with Gasteiger partial charge in [-0.05, 0) is 33.1 Å². The quantitative estimate of drug-likeness (QED) is 0.595. The van der Waals surface area contributed by atoms with Gasteiger partial charge >= 0.3 is 0 Å². The summed E-state index contributed by atoms with van der Waals surface area (Å²) in [4.78, 5) is 2.37. The van der Waals surface area contributed by atoms with Gasteiger partial charge in [-0.2, -0.15) is 0 Å². The summed E-state index contributed by atoms with van der Waals surface area (Å²) >= 11 is 0. The molecule has 0 fully saturated rings. The Kier molecular flexibility index (Phi) is 4.79. The zero-order valence-electron chi connectivity index (χ0n) is 9.28. The molecule has 12 heavy (non-hydrogen) atoms. The Morgan fingerprint density at radius 3 is 2.25 bits per heavy atom. The van der Waals surface area contributed by atoms with Crippen molar-refractivity contribution >= 4 is 8.07 Å². The molecule has 0 radical (unpaired) electrons. The summed E-state index contributed by atoms with van der Waals surface area (Å²) in [5, 5.41) is 1.42. The van der Waals surface area contributed by atoms with E-state index in [0.717, 1.165) is 6.54 Å². The number of nitrogens with zero attached hydrogens (tertiary/aromatic N) is 1. The normalized spacial score (nSPS) is 12.2. The van der Waals surface area contributed by atoms with Crippen molar-refractivity contribution in [3.63, 3.8) is 0 Å². The maximum Gasteiger partial charge on any atom is 0.0755 e. The first-order chi connectivity index (χ1) is 5.40. The Morgan fingerprint density at radius 2 is 1.92 bits per heavy atom. The molecule has 0 atom stereocenters. The number of rotatable bonds is 5. The van der Waals surface area contributed by atoms with Gasteiger partial charge in [-0.3, -0.25) is 0 Å². The molecule has 0 rings (SSSR count). The average molecular weight is 185 g/mol. The van der Waals surface area contributed by atoms with Crippen LogP contribution in [0.4, 0.5) is 0 Å². The van der Waals surface area contributed by atoms with E-state index in [-0.39, 0.29) is 0 Å². The van der Waals surface area contributed by atoms with E-state index in [4.69, 9.17) is 0 Å². The fourth-order valence-electron chi connectivity index (χ4n) is 0.842. The summed E-state index contributed by atoms with van der Waals surface area (Å²) < 4.78 is 0. The second kappa shape index (κ2) is 4.82. The van der Waals surface area contributed by atoms with E-state index in [9.17, 15) is 0 Å². The fraction of sp³-hybridized carbons (Fsp3) is 0.800. The molecule has 0 bridgehead atoms. The topological polar surface area (TPSA) is 3.24 Å². The molecule has 0 aliphatic rings. The lowest BCUT2D eigenvalue weighted by atomic mass is 10.6. The third kappa shape index (κ3) is 4.07. The predicted molar refractivity (Wildman–Crippen MR) is 60.3 cm³/mol. The van der Waals surface area contributed by atoms with Crippen LogP contribution in [0.25, 0.3) is 0 Å². The van der Waals surface area contributed by atoms with Gasteiger partial charge in [0.25, 0.3) is 0 Å². The van der Waals surface area contributed by atoms with E-state index >= 15 is 0 Å². The van der Waals surface area contributed by atoms with Crippen LogP contribution in [0.1, 0.15) is 13.8 Å². The zero-order valence-corrected chi connectivity index (χ0v) is 10.3. The average Bonchev–Trinajstić information content (AvgIpc) is 2.00. The predicted octanol–water partition coefficient (Wildman–Crippen LogP) is 2.76. The van der Waals surface area contributed by atoms with Crippen molar-refractivity contribution in [2.24, 2.45) is 0 Å². The Morgan fingerprint density at radius 1 is 1.42 bits per heavy atom. The highest BCUT2D eigenvalue weighted by Crippen LogP contribution is 2.17. The van der Waals surface area contributed by atoms with Crippen LogP contribution in [0, 0.1) is 0 Å². The van der Waals surface area contributed by atoms with E-state index in [0.29, 0.717) is 0 Å².